The van der Waals surface area contributed by atoms with Gasteiger partial charge in [-0.1, -0.05) is 0 Å². The highest BCUT2D eigenvalue weighted by Gasteiger charge is 1.97. The van der Waals surface area contributed by atoms with Gasteiger partial charge in [0.1, 0.15) is 0 Å². The summed E-state index contributed by atoms with van der Waals surface area (Å²) in [5.74, 6) is 0. The van der Waals surface area contributed by atoms with E-state index < -0.39 is 0 Å². The largest absolute Gasteiger partial charge is 0.206 e. The number of nitrogens with zero attached hydrogens (tertiary/aromatic N) is 4. The van der Waals surface area contributed by atoms with Gasteiger partial charge in [-0.15, -0.1) is 0 Å². The Hall–Kier alpha value is -2.20. The molecule has 0 unspecified atom stereocenters. The molecule has 0 saturated heterocycles. The van der Waals surface area contributed by atoms with Crippen molar-refractivity contribution in [1.82, 2.24) is 0 Å². The zero-order valence-corrected chi connectivity index (χ0v) is 6.10. The minimum atomic E-state index is 0.564. The van der Waals surface area contributed by atoms with E-state index in [1.54, 1.807) is 36.7 Å². The van der Waals surface area contributed by atoms with Gasteiger partial charge in [-0.2, -0.15) is 20.5 Å². The SMILES string of the molecule is N#CN=C1C=CC(=NC#N)C=C1. The molecule has 0 amide bonds. The highest BCUT2D eigenvalue weighted by atomic mass is 14.7. The summed E-state index contributed by atoms with van der Waals surface area (Å²) in [4.78, 5) is 6.98. The second kappa shape index (κ2) is 3.85. The van der Waals surface area contributed by atoms with Crippen LogP contribution in [0.1, 0.15) is 0 Å². The van der Waals surface area contributed by atoms with Gasteiger partial charge in [0, 0.05) is 0 Å². The number of hydrogen-bond donors (Lipinski definition) is 0. The monoisotopic (exact) mass is 156 g/mol. The Kier molecular flexibility index (Phi) is 2.53. The molecule has 0 aromatic rings. The van der Waals surface area contributed by atoms with Gasteiger partial charge in [-0.3, -0.25) is 0 Å². The van der Waals surface area contributed by atoms with Crippen molar-refractivity contribution in [3.8, 4) is 12.4 Å². The summed E-state index contributed by atoms with van der Waals surface area (Å²) < 4.78 is 0. The number of aliphatic imine (C=N–C) groups is 2. The highest BCUT2D eigenvalue weighted by molar-refractivity contribution is 6.18. The van der Waals surface area contributed by atoms with E-state index in [1.165, 1.54) is 0 Å². The maximum Gasteiger partial charge on any atom is 0.206 e. The Balaban J connectivity index is 2.83. The van der Waals surface area contributed by atoms with Crippen molar-refractivity contribution in [2.75, 3.05) is 0 Å². The first-order valence-electron chi connectivity index (χ1n) is 3.16. The van der Waals surface area contributed by atoms with Crippen LogP contribution in [0.3, 0.4) is 0 Å². The van der Waals surface area contributed by atoms with Crippen LogP contribution in [0, 0.1) is 22.9 Å². The number of nitriles is 2. The Morgan fingerprint density at radius 2 is 1.17 bits per heavy atom. The Bertz CT molecular complexity index is 317. The highest BCUT2D eigenvalue weighted by Crippen LogP contribution is 1.96. The lowest BCUT2D eigenvalue weighted by molar-refractivity contribution is 1.43. The van der Waals surface area contributed by atoms with E-state index in [0.29, 0.717) is 11.4 Å². The van der Waals surface area contributed by atoms with Crippen LogP contribution in [-0.4, -0.2) is 11.4 Å². The minimum Gasteiger partial charge on any atom is -0.174 e. The van der Waals surface area contributed by atoms with Crippen LogP contribution >= 0.6 is 0 Å². The van der Waals surface area contributed by atoms with E-state index in [1.807, 2.05) is 0 Å². The third-order valence-electron chi connectivity index (χ3n) is 1.21. The summed E-state index contributed by atoms with van der Waals surface area (Å²) in [6.07, 6.45) is 9.83. The van der Waals surface area contributed by atoms with Gasteiger partial charge in [0.15, 0.2) is 0 Å². The van der Waals surface area contributed by atoms with E-state index in [-0.39, 0.29) is 0 Å². The maximum atomic E-state index is 8.20. The van der Waals surface area contributed by atoms with E-state index >= 15 is 0 Å². The standard InChI is InChI=1S/C8H4N4/c9-5-11-7-1-2-8(4-3-7)12-6-10/h1-4H. The number of allylic oxidation sites excluding steroid dienone is 4. The van der Waals surface area contributed by atoms with Crippen LogP contribution in [0.25, 0.3) is 0 Å². The zero-order valence-electron chi connectivity index (χ0n) is 6.10. The molecule has 56 valence electrons. The summed E-state index contributed by atoms with van der Waals surface area (Å²) in [5.41, 5.74) is 1.13. The van der Waals surface area contributed by atoms with Crippen molar-refractivity contribution in [1.29, 1.82) is 10.5 Å². The van der Waals surface area contributed by atoms with E-state index in [4.69, 9.17) is 10.5 Å². The van der Waals surface area contributed by atoms with E-state index in [0.717, 1.165) is 0 Å². The molecule has 0 spiro atoms. The van der Waals surface area contributed by atoms with Crippen LogP contribution in [0.15, 0.2) is 34.3 Å². The average molecular weight is 156 g/mol. The van der Waals surface area contributed by atoms with Crippen molar-refractivity contribution in [2.45, 2.75) is 0 Å². The molecule has 0 radical (unpaired) electrons. The second-order valence-corrected chi connectivity index (χ2v) is 1.94. The first-order chi connectivity index (χ1) is 5.86. The normalized spacial score (nSPS) is 13.5. The molecule has 0 fully saturated rings. The lowest BCUT2D eigenvalue weighted by Gasteiger charge is -1.96. The van der Waals surface area contributed by atoms with Crippen LogP contribution in [-0.2, 0) is 0 Å². The third kappa shape index (κ3) is 1.89. The average Bonchev–Trinajstić information content (AvgIpc) is 2.09. The van der Waals surface area contributed by atoms with Crippen molar-refractivity contribution in [2.24, 2.45) is 9.98 Å². The fraction of sp³-hybridized carbons (Fsp3) is 0. The Labute approximate surface area is 69.5 Å². The maximum absolute atomic E-state index is 8.20. The fourth-order valence-corrected chi connectivity index (χ4v) is 0.717. The molecule has 12 heavy (non-hydrogen) atoms. The first kappa shape index (κ1) is 7.90. The van der Waals surface area contributed by atoms with Crippen LogP contribution in [0.4, 0.5) is 0 Å². The summed E-state index contributed by atoms with van der Waals surface area (Å²) in [5, 5.41) is 16.4. The lowest BCUT2D eigenvalue weighted by atomic mass is 10.1. The number of rotatable bonds is 0. The van der Waals surface area contributed by atoms with E-state index in [2.05, 4.69) is 9.98 Å². The molecule has 0 atom stereocenters. The third-order valence-corrected chi connectivity index (χ3v) is 1.21. The van der Waals surface area contributed by atoms with Gasteiger partial charge in [-0.05, 0) is 24.3 Å². The molecule has 1 aliphatic rings. The van der Waals surface area contributed by atoms with Crippen molar-refractivity contribution in [3.63, 3.8) is 0 Å². The van der Waals surface area contributed by atoms with Crippen molar-refractivity contribution < 1.29 is 0 Å². The molecule has 4 heteroatoms. The Morgan fingerprint density at radius 1 is 0.833 bits per heavy atom. The molecule has 0 N–H and O–H groups in total. The van der Waals surface area contributed by atoms with Gasteiger partial charge < -0.3 is 0 Å². The van der Waals surface area contributed by atoms with Crippen molar-refractivity contribution >= 4 is 11.4 Å². The molecule has 0 heterocycles. The first-order valence-corrected chi connectivity index (χ1v) is 3.16. The summed E-state index contributed by atoms with van der Waals surface area (Å²) in [6, 6.07) is 0. The van der Waals surface area contributed by atoms with Gasteiger partial charge in [0.25, 0.3) is 0 Å². The molecule has 4 nitrogen and oxygen atoms in total. The van der Waals surface area contributed by atoms with Gasteiger partial charge in [0.2, 0.25) is 12.4 Å². The van der Waals surface area contributed by atoms with Crippen LogP contribution < -0.4 is 0 Å². The zero-order chi connectivity index (χ0) is 8.81. The topological polar surface area (TPSA) is 72.3 Å². The molecule has 0 aliphatic heterocycles. The molecular weight excluding hydrogens is 152 g/mol. The quantitative estimate of drug-likeness (QED) is 0.387. The molecule has 1 rings (SSSR count). The predicted molar refractivity (Wildman–Crippen MR) is 44.4 cm³/mol. The molecule has 1 aliphatic carbocycles. The predicted octanol–water partition coefficient (Wildman–Crippen LogP) is 0.957. The minimum absolute atomic E-state index is 0.564. The van der Waals surface area contributed by atoms with Crippen LogP contribution in [0.5, 0.6) is 0 Å². The molecule has 0 bridgehead atoms. The van der Waals surface area contributed by atoms with Crippen molar-refractivity contribution in [3.05, 3.63) is 24.3 Å². The molecular formula is C8H4N4. The number of hydrogen-bond acceptors (Lipinski definition) is 4. The summed E-state index contributed by atoms with van der Waals surface area (Å²) >= 11 is 0. The second-order valence-electron chi connectivity index (χ2n) is 1.94. The molecule has 0 aromatic carbocycles. The fourth-order valence-electron chi connectivity index (χ4n) is 0.717. The van der Waals surface area contributed by atoms with Gasteiger partial charge in [0.05, 0.1) is 11.4 Å². The van der Waals surface area contributed by atoms with Gasteiger partial charge in [-0.25, -0.2) is 0 Å². The Morgan fingerprint density at radius 3 is 1.42 bits per heavy atom. The smallest absolute Gasteiger partial charge is 0.174 e. The molecule has 0 aromatic heterocycles. The lowest BCUT2D eigenvalue weighted by Crippen LogP contribution is -1.98. The summed E-state index contributed by atoms with van der Waals surface area (Å²) in [6.45, 7) is 0. The molecule has 0 saturated carbocycles. The summed E-state index contributed by atoms with van der Waals surface area (Å²) in [7, 11) is 0. The van der Waals surface area contributed by atoms with Crippen LogP contribution in [0.2, 0.25) is 0 Å². The van der Waals surface area contributed by atoms with Gasteiger partial charge >= 0.3 is 0 Å². The van der Waals surface area contributed by atoms with E-state index in [9.17, 15) is 0 Å².